The Morgan fingerprint density at radius 2 is 2.00 bits per heavy atom. The second-order valence-corrected chi connectivity index (χ2v) is 3.93. The minimum atomic E-state index is 0. The van der Waals surface area contributed by atoms with Gasteiger partial charge in [-0.1, -0.05) is 12.8 Å². The zero-order chi connectivity index (χ0) is 7.73. The molecule has 0 radical (unpaired) electrons. The van der Waals surface area contributed by atoms with E-state index in [-0.39, 0.29) is 12.4 Å². The molecule has 1 N–H and O–H groups in total. The van der Waals surface area contributed by atoms with Crippen molar-refractivity contribution in [1.82, 2.24) is 5.32 Å². The van der Waals surface area contributed by atoms with E-state index in [0.29, 0.717) is 11.6 Å². The molecule has 12 heavy (non-hydrogen) atoms. The minimum Gasteiger partial charge on any atom is -0.380 e. The first-order chi connectivity index (χ1) is 5.35. The topological polar surface area (TPSA) is 21.3 Å². The Morgan fingerprint density at radius 3 is 2.50 bits per heavy atom. The van der Waals surface area contributed by atoms with Crippen molar-refractivity contribution in [3.63, 3.8) is 0 Å². The highest BCUT2D eigenvalue weighted by Gasteiger charge is 2.40. The van der Waals surface area contributed by atoms with E-state index in [4.69, 9.17) is 4.74 Å². The molecule has 2 fully saturated rings. The quantitative estimate of drug-likeness (QED) is 0.682. The number of rotatable bonds is 1. The second kappa shape index (κ2) is 3.95. The maximum Gasteiger partial charge on any atom is 0.0713 e. The first kappa shape index (κ1) is 10.3. The Balaban J connectivity index is 0.000000720. The summed E-state index contributed by atoms with van der Waals surface area (Å²) in [7, 11) is 1.82. The molecule has 0 aromatic carbocycles. The van der Waals surface area contributed by atoms with E-state index < -0.39 is 0 Å². The van der Waals surface area contributed by atoms with Gasteiger partial charge in [0.2, 0.25) is 0 Å². The molecule has 0 aromatic heterocycles. The fourth-order valence-electron chi connectivity index (χ4n) is 2.51. The van der Waals surface area contributed by atoms with E-state index >= 15 is 0 Å². The lowest BCUT2D eigenvalue weighted by Crippen LogP contribution is -2.35. The molecule has 1 saturated carbocycles. The van der Waals surface area contributed by atoms with E-state index in [1.54, 1.807) is 0 Å². The van der Waals surface area contributed by atoms with Crippen LogP contribution in [-0.2, 0) is 4.74 Å². The van der Waals surface area contributed by atoms with Gasteiger partial charge in [-0.05, 0) is 19.3 Å². The predicted octanol–water partition coefficient (Wildman–Crippen LogP) is 1.73. The third kappa shape index (κ3) is 1.76. The maximum atomic E-state index is 5.34. The molecule has 1 aliphatic carbocycles. The molecule has 0 aromatic rings. The monoisotopic (exact) mass is 191 g/mol. The summed E-state index contributed by atoms with van der Waals surface area (Å²) >= 11 is 0. The lowest BCUT2D eigenvalue weighted by Gasteiger charge is -2.22. The van der Waals surface area contributed by atoms with Crippen molar-refractivity contribution in [2.24, 2.45) is 0 Å². The average Bonchev–Trinajstić information content (AvgIpc) is 2.62. The van der Waals surface area contributed by atoms with Crippen LogP contribution in [0.4, 0.5) is 0 Å². The van der Waals surface area contributed by atoms with Crippen LogP contribution in [-0.4, -0.2) is 25.3 Å². The van der Waals surface area contributed by atoms with E-state index in [1.165, 1.54) is 32.1 Å². The summed E-state index contributed by atoms with van der Waals surface area (Å²) in [6.45, 7) is 1.07. The summed E-state index contributed by atoms with van der Waals surface area (Å²) in [5, 5.41) is 3.61. The zero-order valence-electron chi connectivity index (χ0n) is 7.64. The highest BCUT2D eigenvalue weighted by molar-refractivity contribution is 5.85. The van der Waals surface area contributed by atoms with Crippen molar-refractivity contribution in [1.29, 1.82) is 0 Å². The Labute approximate surface area is 80.5 Å². The van der Waals surface area contributed by atoms with Gasteiger partial charge in [-0.25, -0.2) is 0 Å². The minimum absolute atomic E-state index is 0. The summed E-state index contributed by atoms with van der Waals surface area (Å²) in [4.78, 5) is 0. The average molecular weight is 192 g/mol. The molecule has 2 nitrogen and oxygen atoms in total. The summed E-state index contributed by atoms with van der Waals surface area (Å²) in [5.74, 6) is 0. The number of ether oxygens (including phenoxy) is 1. The summed E-state index contributed by atoms with van der Waals surface area (Å²) in [5.41, 5.74) is 0.487. The van der Waals surface area contributed by atoms with Crippen LogP contribution in [0.15, 0.2) is 0 Å². The maximum absolute atomic E-state index is 5.34. The molecule has 0 bridgehead atoms. The smallest absolute Gasteiger partial charge is 0.0713 e. The van der Waals surface area contributed by atoms with Crippen molar-refractivity contribution in [3.05, 3.63) is 0 Å². The van der Waals surface area contributed by atoms with Crippen LogP contribution in [0.3, 0.4) is 0 Å². The number of nitrogens with one attached hydrogen (secondary N) is 1. The van der Waals surface area contributed by atoms with Crippen molar-refractivity contribution >= 4 is 12.4 Å². The lowest BCUT2D eigenvalue weighted by atomic mass is 9.95. The van der Waals surface area contributed by atoms with Gasteiger partial charge in [-0.15, -0.1) is 12.4 Å². The molecule has 2 rings (SSSR count). The van der Waals surface area contributed by atoms with Crippen LogP contribution in [0.2, 0.25) is 0 Å². The van der Waals surface area contributed by atoms with E-state index in [1.807, 2.05) is 7.11 Å². The second-order valence-electron chi connectivity index (χ2n) is 3.93. The normalized spacial score (nSPS) is 32.2. The van der Waals surface area contributed by atoms with Gasteiger partial charge in [-0.2, -0.15) is 0 Å². The van der Waals surface area contributed by atoms with Crippen LogP contribution in [0.1, 0.15) is 32.1 Å². The number of hydrogen-bond acceptors (Lipinski definition) is 2. The SMILES string of the molecule is COC1CNC2(CCCC2)C1.Cl. The fraction of sp³-hybridized carbons (Fsp3) is 1.00. The van der Waals surface area contributed by atoms with Crippen molar-refractivity contribution in [3.8, 4) is 0 Å². The first-order valence-corrected chi connectivity index (χ1v) is 4.62. The molecular formula is C9H18ClNO. The third-order valence-electron chi connectivity index (χ3n) is 3.22. The van der Waals surface area contributed by atoms with Gasteiger partial charge in [0.1, 0.15) is 0 Å². The first-order valence-electron chi connectivity index (χ1n) is 4.62. The zero-order valence-corrected chi connectivity index (χ0v) is 8.45. The number of hydrogen-bond donors (Lipinski definition) is 1. The molecule has 1 atom stereocenters. The summed E-state index contributed by atoms with van der Waals surface area (Å²) in [6.07, 6.45) is 7.27. The molecule has 0 amide bonds. The predicted molar refractivity (Wildman–Crippen MR) is 51.9 cm³/mol. The van der Waals surface area contributed by atoms with Crippen molar-refractivity contribution in [2.75, 3.05) is 13.7 Å². The molecular weight excluding hydrogens is 174 g/mol. The molecule has 1 saturated heterocycles. The van der Waals surface area contributed by atoms with Crippen LogP contribution in [0.5, 0.6) is 0 Å². The molecule has 1 spiro atoms. The summed E-state index contributed by atoms with van der Waals surface area (Å²) in [6, 6.07) is 0. The number of methoxy groups -OCH3 is 1. The Hall–Kier alpha value is 0.210. The van der Waals surface area contributed by atoms with Gasteiger partial charge >= 0.3 is 0 Å². The molecule has 72 valence electrons. The highest BCUT2D eigenvalue weighted by Crippen LogP contribution is 2.37. The standard InChI is InChI=1S/C9H17NO.ClH/c1-11-8-6-9(10-7-8)4-2-3-5-9;/h8,10H,2-7H2,1H3;1H. The van der Waals surface area contributed by atoms with Gasteiger partial charge in [0.25, 0.3) is 0 Å². The van der Waals surface area contributed by atoms with Crippen LogP contribution in [0, 0.1) is 0 Å². The van der Waals surface area contributed by atoms with Crippen LogP contribution in [0.25, 0.3) is 0 Å². The molecule has 1 unspecified atom stereocenters. The molecule has 2 aliphatic rings. The van der Waals surface area contributed by atoms with Crippen LogP contribution >= 0.6 is 12.4 Å². The summed E-state index contributed by atoms with van der Waals surface area (Å²) < 4.78 is 5.34. The molecule has 1 heterocycles. The Morgan fingerprint density at radius 1 is 1.33 bits per heavy atom. The Bertz CT molecular complexity index is 145. The van der Waals surface area contributed by atoms with Gasteiger partial charge < -0.3 is 10.1 Å². The molecule has 3 heteroatoms. The van der Waals surface area contributed by atoms with E-state index in [9.17, 15) is 0 Å². The largest absolute Gasteiger partial charge is 0.380 e. The number of halogens is 1. The Kier molecular flexibility index (Phi) is 3.38. The highest BCUT2D eigenvalue weighted by atomic mass is 35.5. The van der Waals surface area contributed by atoms with Crippen molar-refractivity contribution in [2.45, 2.75) is 43.7 Å². The van der Waals surface area contributed by atoms with Crippen LogP contribution < -0.4 is 5.32 Å². The third-order valence-corrected chi connectivity index (χ3v) is 3.22. The molecule has 1 aliphatic heterocycles. The van der Waals surface area contributed by atoms with Gasteiger partial charge in [0.15, 0.2) is 0 Å². The van der Waals surface area contributed by atoms with Gasteiger partial charge in [0.05, 0.1) is 6.10 Å². The lowest BCUT2D eigenvalue weighted by molar-refractivity contribution is 0.112. The van der Waals surface area contributed by atoms with E-state index in [2.05, 4.69) is 5.32 Å². The fourth-order valence-corrected chi connectivity index (χ4v) is 2.51. The van der Waals surface area contributed by atoms with Gasteiger partial charge in [0, 0.05) is 19.2 Å². The van der Waals surface area contributed by atoms with Gasteiger partial charge in [-0.3, -0.25) is 0 Å². The van der Waals surface area contributed by atoms with Crippen molar-refractivity contribution < 1.29 is 4.74 Å². The van der Waals surface area contributed by atoms with E-state index in [0.717, 1.165) is 6.54 Å².